The molecule has 1 fully saturated rings. The monoisotopic (exact) mass is 339 g/mol. The Morgan fingerprint density at radius 3 is 2.92 bits per heavy atom. The molecule has 2 aliphatic carbocycles. The molecule has 0 aromatic heterocycles. The molecule has 4 N–H and O–H groups in total. The smallest absolute Gasteiger partial charge is 0.303 e. The molecule has 6 nitrogen and oxygen atoms in total. The van der Waals surface area contributed by atoms with Gasteiger partial charge in [-0.1, -0.05) is 31.9 Å². The molecule has 0 amide bonds. The lowest BCUT2D eigenvalue weighted by Gasteiger charge is -2.31. The van der Waals surface area contributed by atoms with Crippen LogP contribution in [0, 0.1) is 11.8 Å². The summed E-state index contributed by atoms with van der Waals surface area (Å²) in [5, 5.41) is 28.7. The maximum absolute atomic E-state index is 10.4. The van der Waals surface area contributed by atoms with E-state index in [1.165, 1.54) is 5.57 Å². The quantitative estimate of drug-likeness (QED) is 0.261. The number of carboxylic acids is 1. The van der Waals surface area contributed by atoms with Crippen LogP contribution in [0.4, 0.5) is 0 Å². The van der Waals surface area contributed by atoms with E-state index in [0.29, 0.717) is 25.4 Å². The van der Waals surface area contributed by atoms with Crippen LogP contribution in [0.25, 0.3) is 0 Å². The number of aliphatic hydroxyl groups excluding tert-OH is 2. The molecule has 0 aromatic carbocycles. The van der Waals surface area contributed by atoms with E-state index in [4.69, 9.17) is 9.94 Å². The number of allylic oxidation sites excluding steroid dienone is 1. The summed E-state index contributed by atoms with van der Waals surface area (Å²) in [7, 11) is 0. The molecule has 0 aliphatic heterocycles. The molecule has 1 saturated carbocycles. The lowest BCUT2D eigenvalue weighted by Crippen LogP contribution is -2.29. The maximum atomic E-state index is 10.4. The number of aliphatic carboxylic acids is 1. The summed E-state index contributed by atoms with van der Waals surface area (Å²) in [6.45, 7) is 2.45. The van der Waals surface area contributed by atoms with Crippen LogP contribution in [0.1, 0.15) is 51.9 Å². The lowest BCUT2D eigenvalue weighted by molar-refractivity contribution is -0.137. The van der Waals surface area contributed by atoms with Gasteiger partial charge < -0.3 is 15.3 Å². The maximum Gasteiger partial charge on any atom is 0.303 e. The highest BCUT2D eigenvalue weighted by atomic mass is 16.6. The summed E-state index contributed by atoms with van der Waals surface area (Å²) < 4.78 is 0. The first-order valence-corrected chi connectivity index (χ1v) is 8.88. The Hall–Kier alpha value is -1.37. The van der Waals surface area contributed by atoms with Crippen molar-refractivity contribution in [2.24, 2.45) is 11.8 Å². The van der Waals surface area contributed by atoms with Crippen molar-refractivity contribution >= 4 is 5.97 Å². The van der Waals surface area contributed by atoms with Crippen molar-refractivity contribution in [3.8, 4) is 0 Å². The third-order valence-corrected chi connectivity index (χ3v) is 4.84. The van der Waals surface area contributed by atoms with Crippen molar-refractivity contribution in [2.45, 2.75) is 64.1 Å². The molecule has 6 heteroatoms. The highest BCUT2D eigenvalue weighted by Gasteiger charge is 2.44. The molecule has 0 saturated heterocycles. The Labute approximate surface area is 143 Å². The summed E-state index contributed by atoms with van der Waals surface area (Å²) in [4.78, 5) is 15.7. The van der Waals surface area contributed by atoms with Gasteiger partial charge in [-0.25, -0.2) is 0 Å². The topological polar surface area (TPSA) is 99.0 Å². The highest BCUT2D eigenvalue weighted by molar-refractivity contribution is 5.66. The molecular formula is C18H29NO5. The van der Waals surface area contributed by atoms with Gasteiger partial charge in [0.2, 0.25) is 0 Å². The number of hydrogen-bond donors (Lipinski definition) is 4. The number of carboxylic acid groups (broad SMARTS) is 1. The SMILES string of the molecule is CCCCC(O)C=CC1C(O)CC2=C(NOCCCC(=O)O)C[C@H]21. The molecule has 136 valence electrons. The number of hydrogen-bond acceptors (Lipinski definition) is 5. The first kappa shape index (κ1) is 19.0. The summed E-state index contributed by atoms with van der Waals surface area (Å²) in [5.74, 6) is -0.437. The van der Waals surface area contributed by atoms with Crippen molar-refractivity contribution in [1.82, 2.24) is 5.48 Å². The van der Waals surface area contributed by atoms with Crippen LogP contribution in [-0.4, -0.2) is 40.1 Å². The Kier molecular flexibility index (Phi) is 7.27. The molecule has 3 unspecified atom stereocenters. The van der Waals surface area contributed by atoms with Crippen molar-refractivity contribution in [3.63, 3.8) is 0 Å². The van der Waals surface area contributed by atoms with Crippen molar-refractivity contribution in [1.29, 1.82) is 0 Å². The van der Waals surface area contributed by atoms with Crippen LogP contribution >= 0.6 is 0 Å². The molecular weight excluding hydrogens is 310 g/mol. The molecule has 0 aromatic rings. The fourth-order valence-electron chi connectivity index (χ4n) is 3.41. The van der Waals surface area contributed by atoms with Gasteiger partial charge in [0.1, 0.15) is 0 Å². The van der Waals surface area contributed by atoms with E-state index in [0.717, 1.165) is 31.4 Å². The zero-order valence-corrected chi connectivity index (χ0v) is 14.3. The number of carbonyl (C=O) groups is 1. The highest BCUT2D eigenvalue weighted by Crippen LogP contribution is 2.49. The standard InChI is InChI=1S/C18H29NO5/c1-2-3-5-12(20)7-8-13-14-10-16(15(14)11-17(13)21)19-24-9-4-6-18(22)23/h7-8,12-14,17,19-21H,2-6,9-11H2,1H3,(H,22,23)/t12?,13?,14-,17?/m0/s1. The van der Waals surface area contributed by atoms with E-state index in [2.05, 4.69) is 12.4 Å². The van der Waals surface area contributed by atoms with Crippen LogP contribution < -0.4 is 5.48 Å². The van der Waals surface area contributed by atoms with Gasteiger partial charge in [-0.05, 0) is 37.2 Å². The number of nitrogens with one attached hydrogen (secondary N) is 1. The van der Waals surface area contributed by atoms with Gasteiger partial charge in [0.15, 0.2) is 0 Å². The summed E-state index contributed by atoms with van der Waals surface area (Å²) in [6.07, 6.45) is 7.80. The van der Waals surface area contributed by atoms with E-state index >= 15 is 0 Å². The molecule has 0 bridgehead atoms. The number of hydroxylamine groups is 1. The van der Waals surface area contributed by atoms with E-state index in [-0.39, 0.29) is 12.3 Å². The van der Waals surface area contributed by atoms with Crippen molar-refractivity contribution < 1.29 is 25.0 Å². The fraction of sp³-hybridized carbons (Fsp3) is 0.722. The number of rotatable bonds is 11. The largest absolute Gasteiger partial charge is 0.481 e. The second-order valence-electron chi connectivity index (χ2n) is 6.71. The van der Waals surface area contributed by atoms with Crippen molar-refractivity contribution in [2.75, 3.05) is 6.61 Å². The van der Waals surface area contributed by atoms with Crippen LogP contribution in [0.5, 0.6) is 0 Å². The first-order valence-electron chi connectivity index (χ1n) is 8.88. The van der Waals surface area contributed by atoms with Gasteiger partial charge in [-0.3, -0.25) is 15.1 Å². The minimum absolute atomic E-state index is 0.0637. The van der Waals surface area contributed by atoms with Crippen molar-refractivity contribution in [3.05, 3.63) is 23.4 Å². The molecule has 4 atom stereocenters. The minimum Gasteiger partial charge on any atom is -0.481 e. The van der Waals surface area contributed by atoms with Crippen LogP contribution in [0.2, 0.25) is 0 Å². The third-order valence-electron chi connectivity index (χ3n) is 4.84. The lowest BCUT2D eigenvalue weighted by atomic mass is 9.79. The average Bonchev–Trinajstić information content (AvgIpc) is 2.77. The zero-order valence-electron chi connectivity index (χ0n) is 14.3. The Bertz CT molecular complexity index is 488. The first-order chi connectivity index (χ1) is 11.5. The predicted octanol–water partition coefficient (Wildman–Crippen LogP) is 2.13. The summed E-state index contributed by atoms with van der Waals surface area (Å²) >= 11 is 0. The van der Waals surface area contributed by atoms with E-state index < -0.39 is 18.2 Å². The van der Waals surface area contributed by atoms with Crippen LogP contribution in [0.15, 0.2) is 23.4 Å². The Morgan fingerprint density at radius 2 is 2.21 bits per heavy atom. The van der Waals surface area contributed by atoms with E-state index in [9.17, 15) is 15.0 Å². The van der Waals surface area contributed by atoms with Gasteiger partial charge in [0.05, 0.1) is 18.8 Å². The molecule has 2 rings (SSSR count). The van der Waals surface area contributed by atoms with Gasteiger partial charge in [-0.15, -0.1) is 0 Å². The normalized spacial score (nSPS) is 27.2. The second-order valence-corrected chi connectivity index (χ2v) is 6.71. The van der Waals surface area contributed by atoms with Gasteiger partial charge in [0, 0.05) is 18.0 Å². The van der Waals surface area contributed by atoms with Gasteiger partial charge in [0.25, 0.3) is 0 Å². The Morgan fingerprint density at radius 1 is 1.42 bits per heavy atom. The van der Waals surface area contributed by atoms with E-state index in [1.54, 1.807) is 0 Å². The molecule has 24 heavy (non-hydrogen) atoms. The predicted molar refractivity (Wildman–Crippen MR) is 89.9 cm³/mol. The van der Waals surface area contributed by atoms with E-state index in [1.807, 2.05) is 12.2 Å². The van der Waals surface area contributed by atoms with Crippen LogP contribution in [-0.2, 0) is 9.63 Å². The average molecular weight is 339 g/mol. The number of aliphatic hydroxyl groups is 2. The summed E-state index contributed by atoms with van der Waals surface area (Å²) in [6, 6.07) is 0. The number of fused-ring (bicyclic) bond motifs is 1. The molecule has 0 radical (unpaired) electrons. The minimum atomic E-state index is -0.820. The Balaban J connectivity index is 1.76. The fourth-order valence-corrected chi connectivity index (χ4v) is 3.41. The second kappa shape index (κ2) is 9.20. The third kappa shape index (κ3) is 5.06. The van der Waals surface area contributed by atoms with Crippen LogP contribution in [0.3, 0.4) is 0 Å². The molecule has 0 spiro atoms. The van der Waals surface area contributed by atoms with Gasteiger partial charge in [-0.2, -0.15) is 0 Å². The molecule has 0 heterocycles. The summed E-state index contributed by atoms with van der Waals surface area (Å²) in [5.41, 5.74) is 5.10. The van der Waals surface area contributed by atoms with Gasteiger partial charge >= 0.3 is 5.97 Å². The zero-order chi connectivity index (χ0) is 17.5. The number of unbranched alkanes of at least 4 members (excludes halogenated alkanes) is 1. The molecule has 2 aliphatic rings.